The highest BCUT2D eigenvalue weighted by Crippen LogP contribution is 2.15. The van der Waals surface area contributed by atoms with Crippen LogP contribution >= 0.6 is 0 Å². The molecule has 0 spiro atoms. The van der Waals surface area contributed by atoms with Crippen LogP contribution < -0.4 is 4.72 Å². The molecule has 2 aromatic rings. The molecule has 0 aliphatic carbocycles. The zero-order valence-electron chi connectivity index (χ0n) is 10.9. The van der Waals surface area contributed by atoms with Crippen LogP contribution in [0, 0.1) is 11.3 Å². The molecule has 0 saturated carbocycles. The van der Waals surface area contributed by atoms with Crippen molar-refractivity contribution >= 4 is 10.0 Å². The monoisotopic (exact) mass is 290 g/mol. The number of nitriles is 1. The van der Waals surface area contributed by atoms with Crippen molar-refractivity contribution in [2.75, 3.05) is 0 Å². The number of aromatic amines is 1. The fourth-order valence-electron chi connectivity index (χ4n) is 1.69. The minimum Gasteiger partial charge on any atom is -0.332 e. The van der Waals surface area contributed by atoms with Crippen LogP contribution in [0.2, 0.25) is 0 Å². The Kier molecular flexibility index (Phi) is 4.17. The third-order valence-electron chi connectivity index (χ3n) is 2.76. The number of aryl methyl sites for hydroxylation is 1. The Labute approximate surface area is 117 Å². The molecule has 0 aliphatic rings. The van der Waals surface area contributed by atoms with Gasteiger partial charge in [-0.15, -0.1) is 0 Å². The molecule has 7 heteroatoms. The first kappa shape index (κ1) is 14.2. The van der Waals surface area contributed by atoms with E-state index in [1.54, 1.807) is 30.3 Å². The van der Waals surface area contributed by atoms with E-state index >= 15 is 0 Å². The van der Waals surface area contributed by atoms with Gasteiger partial charge in [0, 0.05) is 6.42 Å². The van der Waals surface area contributed by atoms with Gasteiger partial charge in [-0.05, 0) is 5.56 Å². The Hall–Kier alpha value is -2.17. The maximum absolute atomic E-state index is 12.2. The molecule has 0 radical (unpaired) electrons. The molecule has 0 amide bonds. The lowest BCUT2D eigenvalue weighted by atomic mass is 10.1. The molecule has 1 aromatic carbocycles. The highest BCUT2D eigenvalue weighted by molar-refractivity contribution is 7.89. The van der Waals surface area contributed by atoms with E-state index in [1.165, 1.54) is 6.20 Å². The van der Waals surface area contributed by atoms with Crippen molar-refractivity contribution in [1.82, 2.24) is 14.7 Å². The standard InChI is InChI=1S/C13H14N4O2S/c1-2-12-15-9-13(16-12)20(18,19)17-11(8-14)10-6-4-3-5-7-10/h3-7,9,11,17H,2H2,1H3,(H,15,16). The number of sulfonamides is 1. The minimum absolute atomic E-state index is 0.0365. The molecule has 0 bridgehead atoms. The van der Waals surface area contributed by atoms with Crippen LogP contribution in [-0.2, 0) is 16.4 Å². The largest absolute Gasteiger partial charge is 0.332 e. The summed E-state index contributed by atoms with van der Waals surface area (Å²) in [6, 6.07) is 9.69. The van der Waals surface area contributed by atoms with Crippen LogP contribution in [0.1, 0.15) is 24.4 Å². The molecule has 1 atom stereocenters. The molecule has 1 aromatic heterocycles. The molecule has 0 saturated heterocycles. The van der Waals surface area contributed by atoms with Gasteiger partial charge >= 0.3 is 0 Å². The summed E-state index contributed by atoms with van der Waals surface area (Å²) in [5, 5.41) is 9.10. The van der Waals surface area contributed by atoms with Gasteiger partial charge in [-0.3, -0.25) is 0 Å². The van der Waals surface area contributed by atoms with Crippen molar-refractivity contribution in [1.29, 1.82) is 5.26 Å². The van der Waals surface area contributed by atoms with E-state index in [0.717, 1.165) is 0 Å². The van der Waals surface area contributed by atoms with E-state index in [9.17, 15) is 8.42 Å². The van der Waals surface area contributed by atoms with Crippen molar-refractivity contribution in [3.8, 4) is 6.07 Å². The van der Waals surface area contributed by atoms with E-state index in [1.807, 2.05) is 13.0 Å². The van der Waals surface area contributed by atoms with Gasteiger partial charge in [0.25, 0.3) is 10.0 Å². The van der Waals surface area contributed by atoms with Crippen LogP contribution in [0.25, 0.3) is 0 Å². The molecule has 1 unspecified atom stereocenters. The molecule has 1 heterocycles. The number of hydrogen-bond acceptors (Lipinski definition) is 4. The maximum atomic E-state index is 12.2. The van der Waals surface area contributed by atoms with Crippen LogP contribution in [-0.4, -0.2) is 18.4 Å². The van der Waals surface area contributed by atoms with Crippen molar-refractivity contribution in [2.45, 2.75) is 24.4 Å². The van der Waals surface area contributed by atoms with E-state index in [0.29, 0.717) is 17.8 Å². The SMILES string of the molecule is CCc1ncc(S(=O)(=O)NC(C#N)c2ccccc2)[nH]1. The van der Waals surface area contributed by atoms with Crippen molar-refractivity contribution in [3.63, 3.8) is 0 Å². The van der Waals surface area contributed by atoms with E-state index < -0.39 is 16.1 Å². The first-order valence-electron chi connectivity index (χ1n) is 6.07. The van der Waals surface area contributed by atoms with Gasteiger partial charge < -0.3 is 4.98 Å². The number of rotatable bonds is 5. The molecule has 104 valence electrons. The molecule has 2 rings (SSSR count). The lowest BCUT2D eigenvalue weighted by Crippen LogP contribution is -2.28. The smallest absolute Gasteiger partial charge is 0.259 e. The lowest BCUT2D eigenvalue weighted by Gasteiger charge is -2.11. The maximum Gasteiger partial charge on any atom is 0.259 e. The number of nitrogens with one attached hydrogen (secondary N) is 2. The first-order valence-corrected chi connectivity index (χ1v) is 7.56. The third-order valence-corrected chi connectivity index (χ3v) is 4.10. The van der Waals surface area contributed by atoms with Gasteiger partial charge in [-0.2, -0.15) is 9.98 Å². The Balaban J connectivity index is 2.25. The number of aromatic nitrogens is 2. The molecule has 2 N–H and O–H groups in total. The summed E-state index contributed by atoms with van der Waals surface area (Å²) in [4.78, 5) is 6.66. The molecular formula is C13H14N4O2S. The Morgan fingerprint density at radius 1 is 1.40 bits per heavy atom. The van der Waals surface area contributed by atoms with Crippen LogP contribution in [0.5, 0.6) is 0 Å². The van der Waals surface area contributed by atoms with Gasteiger partial charge in [0.05, 0.1) is 12.3 Å². The van der Waals surface area contributed by atoms with Gasteiger partial charge in [0.1, 0.15) is 11.9 Å². The normalized spacial score (nSPS) is 12.8. The Morgan fingerprint density at radius 2 is 2.10 bits per heavy atom. The summed E-state index contributed by atoms with van der Waals surface area (Å²) in [7, 11) is -3.80. The van der Waals surface area contributed by atoms with Crippen LogP contribution in [0.3, 0.4) is 0 Å². The second-order valence-corrected chi connectivity index (χ2v) is 5.82. The average molecular weight is 290 g/mol. The molecular weight excluding hydrogens is 276 g/mol. The van der Waals surface area contributed by atoms with Crippen LogP contribution in [0.4, 0.5) is 0 Å². The van der Waals surface area contributed by atoms with Gasteiger partial charge in [0.15, 0.2) is 5.03 Å². The summed E-state index contributed by atoms with van der Waals surface area (Å²) in [6.45, 7) is 1.87. The highest BCUT2D eigenvalue weighted by atomic mass is 32.2. The quantitative estimate of drug-likeness (QED) is 0.872. The predicted molar refractivity (Wildman–Crippen MR) is 73.1 cm³/mol. The summed E-state index contributed by atoms with van der Waals surface area (Å²) >= 11 is 0. The van der Waals surface area contributed by atoms with Crippen molar-refractivity contribution in [3.05, 3.63) is 47.9 Å². The second-order valence-electron chi connectivity index (χ2n) is 4.14. The molecule has 6 nitrogen and oxygen atoms in total. The number of imidazole rings is 1. The molecule has 0 fully saturated rings. The lowest BCUT2D eigenvalue weighted by molar-refractivity contribution is 0.572. The summed E-state index contributed by atoms with van der Waals surface area (Å²) < 4.78 is 26.7. The van der Waals surface area contributed by atoms with Crippen LogP contribution in [0.15, 0.2) is 41.6 Å². The number of hydrogen-bond donors (Lipinski definition) is 2. The number of nitrogens with zero attached hydrogens (tertiary/aromatic N) is 2. The number of benzene rings is 1. The fraction of sp³-hybridized carbons (Fsp3) is 0.231. The molecule has 20 heavy (non-hydrogen) atoms. The second kappa shape index (κ2) is 5.86. The average Bonchev–Trinajstić information content (AvgIpc) is 2.95. The fourth-order valence-corrected chi connectivity index (χ4v) is 2.76. The minimum atomic E-state index is -3.80. The zero-order chi connectivity index (χ0) is 14.6. The first-order chi connectivity index (χ1) is 9.56. The highest BCUT2D eigenvalue weighted by Gasteiger charge is 2.22. The van der Waals surface area contributed by atoms with E-state index in [2.05, 4.69) is 14.7 Å². The third kappa shape index (κ3) is 3.04. The summed E-state index contributed by atoms with van der Waals surface area (Å²) in [5.41, 5.74) is 0.591. The molecule has 0 aliphatic heterocycles. The van der Waals surface area contributed by atoms with E-state index in [-0.39, 0.29) is 5.03 Å². The Morgan fingerprint density at radius 3 is 2.65 bits per heavy atom. The van der Waals surface area contributed by atoms with Gasteiger partial charge in [-0.25, -0.2) is 13.4 Å². The Bertz CT molecular complexity index is 716. The zero-order valence-corrected chi connectivity index (χ0v) is 11.7. The summed E-state index contributed by atoms with van der Waals surface area (Å²) in [5.74, 6) is 0.582. The van der Waals surface area contributed by atoms with Crippen molar-refractivity contribution < 1.29 is 8.42 Å². The summed E-state index contributed by atoms with van der Waals surface area (Å²) in [6.07, 6.45) is 1.86. The van der Waals surface area contributed by atoms with Crippen molar-refractivity contribution in [2.24, 2.45) is 0 Å². The number of H-pyrrole nitrogens is 1. The van der Waals surface area contributed by atoms with Gasteiger partial charge in [-0.1, -0.05) is 37.3 Å². The van der Waals surface area contributed by atoms with E-state index in [4.69, 9.17) is 5.26 Å². The van der Waals surface area contributed by atoms with Gasteiger partial charge in [0.2, 0.25) is 0 Å². The predicted octanol–water partition coefficient (Wildman–Crippen LogP) is 1.52. The topological polar surface area (TPSA) is 98.6 Å².